The van der Waals surface area contributed by atoms with E-state index < -0.39 is 18.0 Å². The Kier molecular flexibility index (Phi) is 3.86. The van der Waals surface area contributed by atoms with Crippen molar-refractivity contribution in [3.63, 3.8) is 0 Å². The summed E-state index contributed by atoms with van der Waals surface area (Å²) in [7, 11) is 1.53. The fourth-order valence-electron chi connectivity index (χ4n) is 1.57. The first kappa shape index (κ1) is 12.9. The van der Waals surface area contributed by atoms with Crippen LogP contribution in [0.2, 0.25) is 0 Å². The van der Waals surface area contributed by atoms with Crippen LogP contribution in [-0.4, -0.2) is 31.8 Å². The van der Waals surface area contributed by atoms with Crippen LogP contribution < -0.4 is 4.74 Å². The second kappa shape index (κ2) is 5.39. The second-order valence-corrected chi connectivity index (χ2v) is 4.55. The van der Waals surface area contributed by atoms with Gasteiger partial charge in [0.2, 0.25) is 6.10 Å². The molecule has 2 rings (SSSR count). The first-order valence-corrected chi connectivity index (χ1v) is 6.12. The molecule has 1 aromatic rings. The average molecular weight is 315 g/mol. The van der Waals surface area contributed by atoms with Crippen LogP contribution in [-0.2, 0) is 14.3 Å². The van der Waals surface area contributed by atoms with E-state index in [2.05, 4.69) is 15.9 Å². The minimum absolute atomic E-state index is 0.295. The van der Waals surface area contributed by atoms with Crippen molar-refractivity contribution >= 4 is 27.9 Å². The van der Waals surface area contributed by atoms with E-state index in [0.717, 1.165) is 0 Å². The van der Waals surface area contributed by atoms with E-state index >= 15 is 0 Å². The molecule has 0 radical (unpaired) electrons. The molecule has 0 bridgehead atoms. The van der Waals surface area contributed by atoms with E-state index in [1.54, 1.807) is 18.2 Å². The number of benzene rings is 1. The largest absolute Gasteiger partial charge is 0.496 e. The molecule has 1 aliphatic heterocycles. The van der Waals surface area contributed by atoms with Gasteiger partial charge in [-0.05, 0) is 34.1 Å². The molecule has 96 valence electrons. The Labute approximate surface area is 112 Å². The van der Waals surface area contributed by atoms with Gasteiger partial charge in [0.05, 0.1) is 23.8 Å². The summed E-state index contributed by atoms with van der Waals surface area (Å²) in [5.41, 5.74) is 0.349. The van der Waals surface area contributed by atoms with Gasteiger partial charge in [0.1, 0.15) is 5.75 Å². The van der Waals surface area contributed by atoms with Crippen LogP contribution in [0.1, 0.15) is 16.8 Å². The van der Waals surface area contributed by atoms with Crippen molar-refractivity contribution in [2.45, 2.75) is 12.5 Å². The number of esters is 2. The van der Waals surface area contributed by atoms with Gasteiger partial charge in [-0.1, -0.05) is 0 Å². The number of ether oxygens (including phenoxy) is 3. The zero-order valence-electron chi connectivity index (χ0n) is 9.64. The van der Waals surface area contributed by atoms with Crippen LogP contribution in [0.4, 0.5) is 0 Å². The van der Waals surface area contributed by atoms with Crippen LogP contribution in [0, 0.1) is 0 Å². The summed E-state index contributed by atoms with van der Waals surface area (Å²) in [5, 5.41) is 0. The minimum Gasteiger partial charge on any atom is -0.496 e. The topological polar surface area (TPSA) is 61.8 Å². The lowest BCUT2D eigenvalue weighted by molar-refractivity contribution is -0.145. The van der Waals surface area contributed by atoms with Crippen molar-refractivity contribution in [1.82, 2.24) is 0 Å². The van der Waals surface area contributed by atoms with Gasteiger partial charge in [0.25, 0.3) is 0 Å². The van der Waals surface area contributed by atoms with Gasteiger partial charge in [-0.15, -0.1) is 0 Å². The van der Waals surface area contributed by atoms with Crippen molar-refractivity contribution in [2.75, 3.05) is 13.7 Å². The normalized spacial score (nSPS) is 18.3. The van der Waals surface area contributed by atoms with Crippen molar-refractivity contribution in [2.24, 2.45) is 0 Å². The van der Waals surface area contributed by atoms with E-state index in [9.17, 15) is 9.59 Å². The SMILES string of the molecule is COc1ccc(C(=O)O[C@@H]2CCOC2=O)cc1Br. The number of cyclic esters (lactones) is 1. The monoisotopic (exact) mass is 314 g/mol. The highest BCUT2D eigenvalue weighted by Gasteiger charge is 2.30. The number of hydrogen-bond acceptors (Lipinski definition) is 5. The second-order valence-electron chi connectivity index (χ2n) is 3.70. The van der Waals surface area contributed by atoms with Gasteiger partial charge in [0, 0.05) is 6.42 Å². The maximum absolute atomic E-state index is 11.8. The lowest BCUT2D eigenvalue weighted by atomic mass is 10.2. The summed E-state index contributed by atoms with van der Waals surface area (Å²) >= 11 is 3.28. The molecule has 0 aliphatic carbocycles. The maximum atomic E-state index is 11.8. The van der Waals surface area contributed by atoms with Crippen LogP contribution in [0.5, 0.6) is 5.75 Å². The Balaban J connectivity index is 2.09. The molecule has 1 aromatic carbocycles. The van der Waals surface area contributed by atoms with Crippen molar-refractivity contribution < 1.29 is 23.8 Å². The molecule has 0 saturated carbocycles. The summed E-state index contributed by atoms with van der Waals surface area (Å²) in [5.74, 6) is -0.426. The third-order valence-electron chi connectivity index (χ3n) is 2.52. The zero-order valence-corrected chi connectivity index (χ0v) is 11.2. The minimum atomic E-state index is -0.793. The molecule has 0 spiro atoms. The molecule has 1 heterocycles. The summed E-state index contributed by atoms with van der Waals surface area (Å²) in [6, 6.07) is 4.81. The molecule has 18 heavy (non-hydrogen) atoms. The molecule has 0 amide bonds. The number of methoxy groups -OCH3 is 1. The van der Waals surface area contributed by atoms with Gasteiger partial charge in [-0.3, -0.25) is 0 Å². The molecule has 6 heteroatoms. The Morgan fingerprint density at radius 2 is 2.28 bits per heavy atom. The zero-order chi connectivity index (χ0) is 13.1. The maximum Gasteiger partial charge on any atom is 0.347 e. The predicted molar refractivity (Wildman–Crippen MR) is 65.5 cm³/mol. The first-order valence-electron chi connectivity index (χ1n) is 5.33. The van der Waals surface area contributed by atoms with E-state index in [1.807, 2.05) is 0 Å². The Hall–Kier alpha value is -1.56. The predicted octanol–water partition coefficient (Wildman–Crippen LogP) is 1.93. The fraction of sp³-hybridized carbons (Fsp3) is 0.333. The van der Waals surface area contributed by atoms with Crippen LogP contribution in [0.15, 0.2) is 22.7 Å². The molecular weight excluding hydrogens is 304 g/mol. The molecular formula is C12H11BrO5. The number of rotatable bonds is 3. The van der Waals surface area contributed by atoms with E-state index in [0.29, 0.717) is 28.8 Å². The summed E-state index contributed by atoms with van der Waals surface area (Å²) in [6.45, 7) is 0.295. The van der Waals surface area contributed by atoms with Gasteiger partial charge in [-0.2, -0.15) is 0 Å². The molecule has 1 saturated heterocycles. The molecule has 1 atom stereocenters. The lowest BCUT2D eigenvalue weighted by Gasteiger charge is -2.09. The fourth-order valence-corrected chi connectivity index (χ4v) is 2.12. The highest BCUT2D eigenvalue weighted by molar-refractivity contribution is 9.10. The first-order chi connectivity index (χ1) is 8.61. The highest BCUT2D eigenvalue weighted by atomic mass is 79.9. The quantitative estimate of drug-likeness (QED) is 0.798. The molecule has 1 fully saturated rings. The molecule has 0 aromatic heterocycles. The summed E-state index contributed by atoms with van der Waals surface area (Å²) in [4.78, 5) is 23.0. The Bertz CT molecular complexity index is 485. The van der Waals surface area contributed by atoms with Gasteiger partial charge in [-0.25, -0.2) is 9.59 Å². The smallest absolute Gasteiger partial charge is 0.347 e. The summed E-state index contributed by atoms with van der Waals surface area (Å²) < 4.78 is 15.5. The van der Waals surface area contributed by atoms with Crippen LogP contribution in [0.25, 0.3) is 0 Å². The Morgan fingerprint density at radius 3 is 2.83 bits per heavy atom. The number of carbonyl (C=O) groups excluding carboxylic acids is 2. The Morgan fingerprint density at radius 1 is 1.50 bits per heavy atom. The molecule has 0 N–H and O–H groups in total. The summed E-state index contributed by atoms with van der Waals surface area (Å²) in [6.07, 6.45) is -0.389. The van der Waals surface area contributed by atoms with Crippen molar-refractivity contribution in [1.29, 1.82) is 0 Å². The van der Waals surface area contributed by atoms with Gasteiger partial charge >= 0.3 is 11.9 Å². The van der Waals surface area contributed by atoms with E-state index in [4.69, 9.17) is 14.2 Å². The van der Waals surface area contributed by atoms with Crippen LogP contribution >= 0.6 is 15.9 Å². The highest BCUT2D eigenvalue weighted by Crippen LogP contribution is 2.26. The average Bonchev–Trinajstić information content (AvgIpc) is 2.75. The van der Waals surface area contributed by atoms with Crippen LogP contribution in [0.3, 0.4) is 0 Å². The number of halogens is 1. The van der Waals surface area contributed by atoms with Crippen molar-refractivity contribution in [3.05, 3.63) is 28.2 Å². The van der Waals surface area contributed by atoms with Gasteiger partial charge < -0.3 is 14.2 Å². The number of carbonyl (C=O) groups is 2. The lowest BCUT2D eigenvalue weighted by Crippen LogP contribution is -2.22. The van der Waals surface area contributed by atoms with Gasteiger partial charge in [0.15, 0.2) is 0 Å². The third-order valence-corrected chi connectivity index (χ3v) is 3.14. The van der Waals surface area contributed by atoms with E-state index in [1.165, 1.54) is 7.11 Å². The molecule has 0 unspecified atom stereocenters. The van der Waals surface area contributed by atoms with E-state index in [-0.39, 0.29) is 0 Å². The molecule has 1 aliphatic rings. The van der Waals surface area contributed by atoms with Crippen molar-refractivity contribution in [3.8, 4) is 5.75 Å². The molecule has 5 nitrogen and oxygen atoms in total. The standard InChI is InChI=1S/C12H11BrO5/c1-16-9-3-2-7(6-8(9)13)11(14)18-10-4-5-17-12(10)15/h2-3,6,10H,4-5H2,1H3/t10-/m1/s1. The number of hydrogen-bond donors (Lipinski definition) is 0. The third kappa shape index (κ3) is 2.64.